The molecule has 1 aliphatic heterocycles. The fourth-order valence-corrected chi connectivity index (χ4v) is 5.58. The second-order valence-corrected chi connectivity index (χ2v) is 11.2. The molecule has 1 fully saturated rings. The molecular formula is C25H28ClN7O2S. The standard InChI is InChI=1S/C25H28ClN7O2S/c1-14(2)24(27)19-11-32(10-16-8-20(35-31-16)21-5-6-22(26)36-21)12-23(34)33(19)9-15-3-4-17-18(7-15)29-13-30-25(17)28/h3-8,13-14,19,24H,9-12,27H2,1-2H3,(H2,28,29,30)/t19-,24?/m0/s1. The van der Waals surface area contributed by atoms with Gasteiger partial charge in [-0.05, 0) is 35.7 Å². The number of nitrogen functional groups attached to an aromatic ring is 1. The molecule has 1 saturated heterocycles. The highest BCUT2D eigenvalue weighted by Gasteiger charge is 2.37. The van der Waals surface area contributed by atoms with Gasteiger partial charge in [0.25, 0.3) is 0 Å². The van der Waals surface area contributed by atoms with E-state index >= 15 is 0 Å². The number of amides is 1. The molecule has 1 aromatic carbocycles. The molecule has 1 amide bonds. The van der Waals surface area contributed by atoms with Crippen LogP contribution in [0.1, 0.15) is 25.1 Å². The first-order valence-electron chi connectivity index (χ1n) is 11.8. The Kier molecular flexibility index (Phi) is 6.94. The SMILES string of the molecule is CC(C)C(N)[C@@H]1CN(Cc2cc(-c3ccc(Cl)s3)on2)CC(=O)N1Cc1ccc2c(N)ncnc2c1. The van der Waals surface area contributed by atoms with E-state index in [1.54, 1.807) is 0 Å². The number of halogens is 1. The van der Waals surface area contributed by atoms with Crippen LogP contribution in [0.15, 0.2) is 47.2 Å². The van der Waals surface area contributed by atoms with Crippen LogP contribution in [0.4, 0.5) is 5.82 Å². The number of fused-ring (bicyclic) bond motifs is 1. The number of hydrogen-bond acceptors (Lipinski definition) is 9. The average molecular weight is 526 g/mol. The summed E-state index contributed by atoms with van der Waals surface area (Å²) in [6.07, 6.45) is 1.45. The third-order valence-corrected chi connectivity index (χ3v) is 7.83. The lowest BCUT2D eigenvalue weighted by atomic mass is 9.93. The van der Waals surface area contributed by atoms with Gasteiger partial charge in [0.1, 0.15) is 12.1 Å². The van der Waals surface area contributed by atoms with Gasteiger partial charge in [0, 0.05) is 37.1 Å². The number of carbonyl (C=O) groups excluding carboxylic acids is 1. The number of hydrogen-bond donors (Lipinski definition) is 2. The number of carbonyl (C=O) groups is 1. The van der Waals surface area contributed by atoms with Gasteiger partial charge in [0.05, 0.1) is 33.0 Å². The van der Waals surface area contributed by atoms with E-state index in [4.69, 9.17) is 27.6 Å². The number of rotatable bonds is 7. The molecule has 3 aromatic heterocycles. The number of piperazine rings is 1. The predicted octanol–water partition coefficient (Wildman–Crippen LogP) is 3.78. The van der Waals surface area contributed by atoms with Crippen molar-refractivity contribution in [1.29, 1.82) is 0 Å². The highest BCUT2D eigenvalue weighted by molar-refractivity contribution is 7.19. The molecule has 9 nitrogen and oxygen atoms in total. The molecule has 0 bridgehead atoms. The van der Waals surface area contributed by atoms with Gasteiger partial charge < -0.3 is 20.9 Å². The number of anilines is 1. The molecule has 0 radical (unpaired) electrons. The minimum absolute atomic E-state index is 0.0263. The van der Waals surface area contributed by atoms with E-state index in [1.807, 2.05) is 41.3 Å². The minimum atomic E-state index is -0.184. The van der Waals surface area contributed by atoms with Crippen LogP contribution in [-0.4, -0.2) is 56.0 Å². The lowest BCUT2D eigenvalue weighted by Gasteiger charge is -2.44. The zero-order valence-corrected chi connectivity index (χ0v) is 21.7. The van der Waals surface area contributed by atoms with E-state index in [2.05, 4.69) is 33.9 Å². The van der Waals surface area contributed by atoms with Crippen molar-refractivity contribution in [3.8, 4) is 10.6 Å². The summed E-state index contributed by atoms with van der Waals surface area (Å²) < 4.78 is 6.22. The van der Waals surface area contributed by atoms with Crippen molar-refractivity contribution in [3.05, 3.63) is 58.3 Å². The molecule has 4 heterocycles. The summed E-state index contributed by atoms with van der Waals surface area (Å²) >= 11 is 7.49. The van der Waals surface area contributed by atoms with Gasteiger partial charge in [-0.1, -0.05) is 36.7 Å². The van der Waals surface area contributed by atoms with Gasteiger partial charge in [-0.3, -0.25) is 9.69 Å². The summed E-state index contributed by atoms with van der Waals surface area (Å²) in [5.41, 5.74) is 15.1. The summed E-state index contributed by atoms with van der Waals surface area (Å²) in [5, 5.41) is 5.01. The van der Waals surface area contributed by atoms with E-state index in [0.717, 1.165) is 27.0 Å². The lowest BCUT2D eigenvalue weighted by molar-refractivity contribution is -0.142. The molecule has 36 heavy (non-hydrogen) atoms. The molecule has 0 saturated carbocycles. The van der Waals surface area contributed by atoms with Crippen LogP contribution >= 0.6 is 22.9 Å². The van der Waals surface area contributed by atoms with Gasteiger partial charge in [-0.15, -0.1) is 11.3 Å². The van der Waals surface area contributed by atoms with E-state index in [1.165, 1.54) is 17.7 Å². The Morgan fingerprint density at radius 3 is 2.78 bits per heavy atom. The first-order valence-corrected chi connectivity index (χ1v) is 13.0. The van der Waals surface area contributed by atoms with Crippen LogP contribution in [0, 0.1) is 5.92 Å². The second kappa shape index (κ2) is 10.1. The third-order valence-electron chi connectivity index (χ3n) is 6.58. The number of thiophene rings is 1. The smallest absolute Gasteiger partial charge is 0.237 e. The number of aromatic nitrogens is 3. The molecule has 4 aromatic rings. The monoisotopic (exact) mass is 525 g/mol. The van der Waals surface area contributed by atoms with Crippen molar-refractivity contribution in [1.82, 2.24) is 24.9 Å². The largest absolute Gasteiger partial charge is 0.383 e. The predicted molar refractivity (Wildman–Crippen MR) is 141 cm³/mol. The van der Waals surface area contributed by atoms with Gasteiger partial charge in [-0.2, -0.15) is 0 Å². The minimum Gasteiger partial charge on any atom is -0.383 e. The maximum absolute atomic E-state index is 13.4. The second-order valence-electron chi connectivity index (χ2n) is 9.48. The molecule has 1 unspecified atom stereocenters. The summed E-state index contributed by atoms with van der Waals surface area (Å²) in [6.45, 7) is 6.02. The average Bonchev–Trinajstić information content (AvgIpc) is 3.49. The zero-order chi connectivity index (χ0) is 25.4. The summed E-state index contributed by atoms with van der Waals surface area (Å²) in [4.78, 5) is 26.7. The van der Waals surface area contributed by atoms with Gasteiger partial charge >= 0.3 is 0 Å². The van der Waals surface area contributed by atoms with Crippen molar-refractivity contribution >= 4 is 45.6 Å². The number of nitrogens with two attached hydrogens (primary N) is 2. The third kappa shape index (κ3) is 5.08. The molecule has 0 spiro atoms. The maximum atomic E-state index is 13.4. The zero-order valence-electron chi connectivity index (χ0n) is 20.1. The van der Waals surface area contributed by atoms with Gasteiger partial charge in [0.15, 0.2) is 5.76 Å². The first-order chi connectivity index (χ1) is 17.3. The summed E-state index contributed by atoms with van der Waals surface area (Å²) in [6, 6.07) is 11.1. The van der Waals surface area contributed by atoms with E-state index in [9.17, 15) is 4.79 Å². The normalized spacial score (nSPS) is 17.9. The van der Waals surface area contributed by atoms with Crippen molar-refractivity contribution in [2.45, 2.75) is 39.0 Å². The fourth-order valence-electron chi connectivity index (χ4n) is 4.59. The quantitative estimate of drug-likeness (QED) is 0.373. The van der Waals surface area contributed by atoms with Crippen molar-refractivity contribution in [3.63, 3.8) is 0 Å². The number of nitrogens with zero attached hydrogens (tertiary/aromatic N) is 5. The molecule has 2 atom stereocenters. The van der Waals surface area contributed by atoms with Crippen molar-refractivity contribution < 1.29 is 9.32 Å². The summed E-state index contributed by atoms with van der Waals surface area (Å²) in [5.74, 6) is 1.34. The Labute approximate surface area is 218 Å². The Balaban J connectivity index is 1.34. The summed E-state index contributed by atoms with van der Waals surface area (Å²) in [7, 11) is 0. The lowest BCUT2D eigenvalue weighted by Crippen LogP contribution is -2.62. The molecule has 0 aliphatic carbocycles. The van der Waals surface area contributed by atoms with Crippen LogP contribution in [0.5, 0.6) is 0 Å². The van der Waals surface area contributed by atoms with Crippen molar-refractivity contribution in [2.75, 3.05) is 18.8 Å². The topological polar surface area (TPSA) is 127 Å². The van der Waals surface area contributed by atoms with E-state index in [-0.39, 0.29) is 30.5 Å². The van der Waals surface area contributed by atoms with Gasteiger partial charge in [-0.25, -0.2) is 9.97 Å². The van der Waals surface area contributed by atoms with Crippen LogP contribution < -0.4 is 11.5 Å². The van der Waals surface area contributed by atoms with Crippen LogP contribution in [0.2, 0.25) is 4.34 Å². The van der Waals surface area contributed by atoms with Crippen LogP contribution in [0.3, 0.4) is 0 Å². The Morgan fingerprint density at radius 2 is 2.03 bits per heavy atom. The maximum Gasteiger partial charge on any atom is 0.237 e. The Morgan fingerprint density at radius 1 is 1.19 bits per heavy atom. The van der Waals surface area contributed by atoms with Crippen LogP contribution in [-0.2, 0) is 17.9 Å². The molecular weight excluding hydrogens is 498 g/mol. The highest BCUT2D eigenvalue weighted by atomic mass is 35.5. The van der Waals surface area contributed by atoms with E-state index in [0.29, 0.717) is 35.5 Å². The highest BCUT2D eigenvalue weighted by Crippen LogP contribution is 2.32. The van der Waals surface area contributed by atoms with Gasteiger partial charge in [0.2, 0.25) is 5.91 Å². The molecule has 5 rings (SSSR count). The molecule has 4 N–H and O–H groups in total. The Bertz CT molecular complexity index is 1390. The van der Waals surface area contributed by atoms with Crippen LogP contribution in [0.25, 0.3) is 21.5 Å². The molecule has 1 aliphatic rings. The Hall–Kier alpha value is -3.05. The molecule has 188 valence electrons. The first kappa shape index (κ1) is 24.6. The molecule has 11 heteroatoms. The van der Waals surface area contributed by atoms with E-state index < -0.39 is 0 Å². The fraction of sp³-hybridized carbons (Fsp3) is 0.360. The van der Waals surface area contributed by atoms with Crippen molar-refractivity contribution in [2.24, 2.45) is 11.7 Å². The number of benzene rings is 1.